The Morgan fingerprint density at radius 3 is 2.78 bits per heavy atom. The van der Waals surface area contributed by atoms with E-state index in [0.29, 0.717) is 24.8 Å². The molecule has 2 atom stereocenters. The van der Waals surface area contributed by atoms with E-state index in [2.05, 4.69) is 15.4 Å². The second kappa shape index (κ2) is 6.20. The fraction of sp³-hybridized carbons (Fsp3) is 0.375. The van der Waals surface area contributed by atoms with Gasteiger partial charge in [-0.3, -0.25) is 9.59 Å². The summed E-state index contributed by atoms with van der Waals surface area (Å²) in [7, 11) is 0. The zero-order valence-corrected chi connectivity index (χ0v) is 12.8. The van der Waals surface area contributed by atoms with Crippen LogP contribution in [0.25, 0.3) is 5.69 Å². The summed E-state index contributed by atoms with van der Waals surface area (Å²) in [6.07, 6.45) is 4.88. The molecule has 3 rings (SSSR count). The highest BCUT2D eigenvalue weighted by molar-refractivity contribution is 5.95. The van der Waals surface area contributed by atoms with E-state index in [1.165, 1.54) is 6.33 Å². The van der Waals surface area contributed by atoms with E-state index < -0.39 is 5.97 Å². The van der Waals surface area contributed by atoms with Crippen molar-refractivity contribution in [2.75, 3.05) is 0 Å². The van der Waals surface area contributed by atoms with Gasteiger partial charge in [0.05, 0.1) is 11.6 Å². The summed E-state index contributed by atoms with van der Waals surface area (Å²) in [5.74, 6) is -1.30. The van der Waals surface area contributed by atoms with Gasteiger partial charge in [0.25, 0.3) is 5.91 Å². The molecule has 7 heteroatoms. The molecule has 0 radical (unpaired) electrons. The quantitative estimate of drug-likeness (QED) is 0.892. The largest absolute Gasteiger partial charge is 0.481 e. The van der Waals surface area contributed by atoms with Crippen molar-refractivity contribution in [3.8, 4) is 5.69 Å². The van der Waals surface area contributed by atoms with Gasteiger partial charge in [-0.1, -0.05) is 0 Å². The highest BCUT2D eigenvalue weighted by Gasteiger charge is 2.30. The molecule has 2 aromatic rings. The van der Waals surface area contributed by atoms with Crippen molar-refractivity contribution in [2.45, 2.75) is 32.2 Å². The third-order valence-electron chi connectivity index (χ3n) is 4.24. The topological polar surface area (TPSA) is 97.1 Å². The molecule has 120 valence electrons. The third kappa shape index (κ3) is 3.23. The van der Waals surface area contributed by atoms with Crippen molar-refractivity contribution in [3.63, 3.8) is 0 Å². The van der Waals surface area contributed by atoms with Crippen LogP contribution in [0.1, 0.15) is 35.2 Å². The minimum absolute atomic E-state index is 0.0705. The molecule has 23 heavy (non-hydrogen) atoms. The number of aromatic nitrogens is 3. The summed E-state index contributed by atoms with van der Waals surface area (Å²) in [6, 6.07) is 5.30. The van der Waals surface area contributed by atoms with Gasteiger partial charge in [0.1, 0.15) is 12.7 Å². The highest BCUT2D eigenvalue weighted by atomic mass is 16.4. The molecule has 1 saturated carbocycles. The number of benzene rings is 1. The lowest BCUT2D eigenvalue weighted by Gasteiger charge is -2.13. The Morgan fingerprint density at radius 1 is 1.35 bits per heavy atom. The van der Waals surface area contributed by atoms with Crippen LogP contribution in [0, 0.1) is 12.8 Å². The third-order valence-corrected chi connectivity index (χ3v) is 4.24. The number of hydrogen-bond donors (Lipinski definition) is 2. The van der Waals surface area contributed by atoms with Gasteiger partial charge in [-0.15, -0.1) is 0 Å². The predicted octanol–water partition coefficient (Wildman–Crippen LogP) is 1.56. The highest BCUT2D eigenvalue weighted by Crippen LogP contribution is 2.26. The molecular weight excluding hydrogens is 296 g/mol. The number of amides is 1. The van der Waals surface area contributed by atoms with Crippen molar-refractivity contribution in [1.82, 2.24) is 20.1 Å². The molecule has 0 saturated heterocycles. The Morgan fingerprint density at radius 2 is 2.17 bits per heavy atom. The Hall–Kier alpha value is -2.70. The first-order valence-electron chi connectivity index (χ1n) is 7.54. The van der Waals surface area contributed by atoms with Gasteiger partial charge < -0.3 is 10.4 Å². The number of carbonyl (C=O) groups is 2. The van der Waals surface area contributed by atoms with Crippen LogP contribution >= 0.6 is 0 Å². The molecule has 1 fully saturated rings. The lowest BCUT2D eigenvalue weighted by atomic mass is 10.1. The van der Waals surface area contributed by atoms with Gasteiger partial charge in [-0.25, -0.2) is 9.67 Å². The van der Waals surface area contributed by atoms with Gasteiger partial charge in [-0.05, 0) is 49.9 Å². The molecule has 7 nitrogen and oxygen atoms in total. The van der Waals surface area contributed by atoms with Gasteiger partial charge in [0.2, 0.25) is 0 Å². The number of aryl methyl sites for hydroxylation is 1. The Balaban J connectivity index is 1.69. The summed E-state index contributed by atoms with van der Waals surface area (Å²) in [5.41, 5.74) is 2.34. The second-order valence-electron chi connectivity index (χ2n) is 5.86. The fourth-order valence-corrected chi connectivity index (χ4v) is 2.99. The molecule has 1 heterocycles. The number of hydrogen-bond acceptors (Lipinski definition) is 4. The lowest BCUT2D eigenvalue weighted by Crippen LogP contribution is -2.33. The summed E-state index contributed by atoms with van der Waals surface area (Å²) in [6.45, 7) is 1.91. The normalized spacial score (nSPS) is 20.4. The molecule has 2 N–H and O–H groups in total. The van der Waals surface area contributed by atoms with E-state index in [4.69, 9.17) is 5.11 Å². The zero-order valence-electron chi connectivity index (χ0n) is 12.8. The van der Waals surface area contributed by atoms with Gasteiger partial charge >= 0.3 is 5.97 Å². The number of rotatable bonds is 4. The molecule has 0 bridgehead atoms. The molecule has 0 spiro atoms. The van der Waals surface area contributed by atoms with Crippen molar-refractivity contribution in [1.29, 1.82) is 0 Å². The molecule has 0 aliphatic heterocycles. The monoisotopic (exact) mass is 314 g/mol. The first-order valence-corrected chi connectivity index (χ1v) is 7.54. The number of nitrogens with zero attached hydrogens (tertiary/aromatic N) is 3. The zero-order chi connectivity index (χ0) is 16.4. The number of nitrogens with one attached hydrogen (secondary N) is 1. The minimum atomic E-state index is -0.783. The Labute approximate surface area is 133 Å². The van der Waals surface area contributed by atoms with Crippen LogP contribution in [0.15, 0.2) is 30.9 Å². The molecule has 1 aliphatic rings. The maximum Gasteiger partial charge on any atom is 0.306 e. The van der Waals surface area contributed by atoms with Crippen molar-refractivity contribution in [3.05, 3.63) is 42.0 Å². The second-order valence-corrected chi connectivity index (χ2v) is 5.86. The molecule has 1 aliphatic carbocycles. The van der Waals surface area contributed by atoms with Gasteiger partial charge in [0.15, 0.2) is 0 Å². The van der Waals surface area contributed by atoms with Crippen molar-refractivity contribution >= 4 is 11.9 Å². The van der Waals surface area contributed by atoms with E-state index >= 15 is 0 Å². The van der Waals surface area contributed by atoms with Crippen LogP contribution < -0.4 is 5.32 Å². The number of carboxylic acid groups (broad SMARTS) is 1. The standard InChI is InChI=1S/C16H18N4O3/c1-10-6-11(3-5-14(10)20-9-17-8-18-20)15(21)19-13-4-2-12(7-13)16(22)23/h3,5-6,8-9,12-13H,2,4,7H2,1H3,(H,19,21)(H,22,23)/t12-,13+/m1/s1. The van der Waals surface area contributed by atoms with Crippen LogP contribution in [0.5, 0.6) is 0 Å². The van der Waals surface area contributed by atoms with E-state index in [9.17, 15) is 9.59 Å². The summed E-state index contributed by atoms with van der Waals surface area (Å²) < 4.78 is 1.64. The van der Waals surface area contributed by atoms with Crippen LogP contribution in [-0.4, -0.2) is 37.8 Å². The fourth-order valence-electron chi connectivity index (χ4n) is 2.99. The average Bonchev–Trinajstić information content (AvgIpc) is 3.18. The van der Waals surface area contributed by atoms with E-state index in [1.807, 2.05) is 13.0 Å². The summed E-state index contributed by atoms with van der Waals surface area (Å²) in [5, 5.41) is 16.0. The Kier molecular flexibility index (Phi) is 4.10. The summed E-state index contributed by atoms with van der Waals surface area (Å²) in [4.78, 5) is 27.2. The van der Waals surface area contributed by atoms with Gasteiger partial charge in [0, 0.05) is 11.6 Å². The minimum Gasteiger partial charge on any atom is -0.481 e. The maximum atomic E-state index is 12.3. The van der Waals surface area contributed by atoms with E-state index in [0.717, 1.165) is 11.3 Å². The van der Waals surface area contributed by atoms with Crippen LogP contribution in [-0.2, 0) is 4.79 Å². The summed E-state index contributed by atoms with van der Waals surface area (Å²) >= 11 is 0. The maximum absolute atomic E-state index is 12.3. The lowest BCUT2D eigenvalue weighted by molar-refractivity contribution is -0.141. The van der Waals surface area contributed by atoms with E-state index in [-0.39, 0.29) is 17.9 Å². The first kappa shape index (κ1) is 15.2. The van der Waals surface area contributed by atoms with E-state index in [1.54, 1.807) is 23.1 Å². The number of carbonyl (C=O) groups excluding carboxylic acids is 1. The average molecular weight is 314 g/mol. The molecule has 1 aromatic heterocycles. The number of carboxylic acids is 1. The van der Waals surface area contributed by atoms with Crippen LogP contribution in [0.2, 0.25) is 0 Å². The first-order chi connectivity index (χ1) is 11.0. The van der Waals surface area contributed by atoms with Gasteiger partial charge in [-0.2, -0.15) is 5.10 Å². The SMILES string of the molecule is Cc1cc(C(=O)N[C@H]2CC[C@@H](C(=O)O)C2)ccc1-n1cncn1. The molecule has 1 amide bonds. The van der Waals surface area contributed by atoms with Crippen LogP contribution in [0.4, 0.5) is 0 Å². The van der Waals surface area contributed by atoms with Crippen LogP contribution in [0.3, 0.4) is 0 Å². The van der Waals surface area contributed by atoms with Crippen molar-refractivity contribution < 1.29 is 14.7 Å². The number of aliphatic carboxylic acids is 1. The van der Waals surface area contributed by atoms with Crippen molar-refractivity contribution in [2.24, 2.45) is 5.92 Å². The molecule has 1 aromatic carbocycles. The Bertz CT molecular complexity index is 727. The molecular formula is C16H18N4O3. The predicted molar refractivity (Wildman–Crippen MR) is 82.3 cm³/mol. The molecule has 0 unspecified atom stereocenters. The smallest absolute Gasteiger partial charge is 0.306 e.